The second-order valence-electron chi connectivity index (χ2n) is 7.43. The van der Waals surface area contributed by atoms with E-state index in [2.05, 4.69) is 14.9 Å². The number of nitrogens with one attached hydrogen (secondary N) is 1. The van der Waals surface area contributed by atoms with Crippen LogP contribution in [0.5, 0.6) is 0 Å². The highest BCUT2D eigenvalue weighted by Gasteiger charge is 2.29. The number of hydrogen-bond acceptors (Lipinski definition) is 3. The Hall–Kier alpha value is -2.63. The van der Waals surface area contributed by atoms with Crippen LogP contribution in [0.1, 0.15) is 35.4 Å². The first-order valence-electron chi connectivity index (χ1n) is 9.26. The summed E-state index contributed by atoms with van der Waals surface area (Å²) in [4.78, 5) is 30.8. The molecule has 0 bridgehead atoms. The first-order chi connectivity index (χ1) is 12.6. The zero-order valence-corrected chi connectivity index (χ0v) is 15.0. The lowest BCUT2D eigenvalue weighted by atomic mass is 9.98. The molecular formula is C20H24N4O2. The van der Waals surface area contributed by atoms with E-state index in [0.717, 1.165) is 44.6 Å². The van der Waals surface area contributed by atoms with E-state index in [1.54, 1.807) is 17.0 Å². The van der Waals surface area contributed by atoms with Gasteiger partial charge >= 0.3 is 0 Å². The van der Waals surface area contributed by atoms with Crippen LogP contribution in [-0.2, 0) is 17.8 Å². The second-order valence-corrected chi connectivity index (χ2v) is 7.43. The largest absolute Gasteiger partial charge is 0.341 e. The molecule has 0 saturated heterocycles. The summed E-state index contributed by atoms with van der Waals surface area (Å²) in [5.74, 6) is 1.76. The Morgan fingerprint density at radius 3 is 2.96 bits per heavy atom. The monoisotopic (exact) mass is 352 g/mol. The van der Waals surface area contributed by atoms with Crippen molar-refractivity contribution >= 4 is 17.5 Å². The molecule has 2 aliphatic rings. The SMILES string of the molecule is CN(CC1CCc2nccn2C1)C(=O)c1cccc(NC(=O)C2CC2)c1. The Morgan fingerprint density at radius 1 is 1.31 bits per heavy atom. The number of imidazole rings is 1. The molecule has 6 nitrogen and oxygen atoms in total. The molecule has 6 heteroatoms. The third-order valence-corrected chi connectivity index (χ3v) is 5.24. The number of amides is 2. The number of benzene rings is 1. The molecule has 1 aliphatic heterocycles. The average molecular weight is 352 g/mol. The van der Waals surface area contributed by atoms with E-state index in [1.165, 1.54) is 0 Å². The van der Waals surface area contributed by atoms with E-state index in [4.69, 9.17) is 0 Å². The van der Waals surface area contributed by atoms with Gasteiger partial charge < -0.3 is 14.8 Å². The van der Waals surface area contributed by atoms with Gasteiger partial charge in [-0.25, -0.2) is 4.98 Å². The number of nitrogens with zero attached hydrogens (tertiary/aromatic N) is 3. The van der Waals surface area contributed by atoms with Gasteiger partial charge in [0.1, 0.15) is 5.82 Å². The van der Waals surface area contributed by atoms with Gasteiger partial charge in [0, 0.05) is 56.1 Å². The molecular weight excluding hydrogens is 328 g/mol. The van der Waals surface area contributed by atoms with E-state index in [1.807, 2.05) is 31.6 Å². The molecule has 1 aliphatic carbocycles. The Kier molecular flexibility index (Phi) is 4.49. The standard InChI is InChI=1S/C20H24N4O2/c1-23(12-14-5-8-18-21-9-10-24(18)13-14)20(26)16-3-2-4-17(11-16)22-19(25)15-6-7-15/h2-4,9-11,14-15H,5-8,12-13H2,1H3,(H,22,25). The van der Waals surface area contributed by atoms with Crippen molar-refractivity contribution in [3.63, 3.8) is 0 Å². The predicted octanol–water partition coefficient (Wildman–Crippen LogP) is 2.57. The first kappa shape index (κ1) is 16.8. The highest BCUT2D eigenvalue weighted by Crippen LogP contribution is 2.30. The molecule has 2 amide bonds. The summed E-state index contributed by atoms with van der Waals surface area (Å²) >= 11 is 0. The van der Waals surface area contributed by atoms with Crippen molar-refractivity contribution in [3.8, 4) is 0 Å². The first-order valence-corrected chi connectivity index (χ1v) is 9.26. The van der Waals surface area contributed by atoms with Crippen LogP contribution in [0.4, 0.5) is 5.69 Å². The summed E-state index contributed by atoms with van der Waals surface area (Å²) in [6, 6.07) is 7.23. The molecule has 26 heavy (non-hydrogen) atoms. The summed E-state index contributed by atoms with van der Waals surface area (Å²) < 4.78 is 2.18. The smallest absolute Gasteiger partial charge is 0.253 e. The summed E-state index contributed by atoms with van der Waals surface area (Å²) in [6.07, 6.45) is 7.79. The van der Waals surface area contributed by atoms with Crippen molar-refractivity contribution in [2.24, 2.45) is 11.8 Å². The highest BCUT2D eigenvalue weighted by molar-refractivity contribution is 5.98. The van der Waals surface area contributed by atoms with E-state index in [0.29, 0.717) is 17.2 Å². The molecule has 1 aromatic heterocycles. The van der Waals surface area contributed by atoms with Crippen molar-refractivity contribution in [1.82, 2.24) is 14.5 Å². The number of rotatable bonds is 5. The average Bonchev–Trinajstić information content (AvgIpc) is 3.40. The van der Waals surface area contributed by atoms with Crippen LogP contribution in [0.15, 0.2) is 36.7 Å². The molecule has 2 heterocycles. The Bertz CT molecular complexity index is 825. The van der Waals surface area contributed by atoms with Gasteiger partial charge in [0.15, 0.2) is 0 Å². The number of aryl methyl sites for hydroxylation is 1. The van der Waals surface area contributed by atoms with Crippen molar-refractivity contribution in [2.45, 2.75) is 32.2 Å². The van der Waals surface area contributed by atoms with Crippen molar-refractivity contribution < 1.29 is 9.59 Å². The van der Waals surface area contributed by atoms with E-state index < -0.39 is 0 Å². The third kappa shape index (κ3) is 3.64. The maximum atomic E-state index is 12.8. The minimum atomic E-state index is -0.0102. The topological polar surface area (TPSA) is 67.2 Å². The lowest BCUT2D eigenvalue weighted by molar-refractivity contribution is -0.117. The van der Waals surface area contributed by atoms with Crippen LogP contribution in [0.2, 0.25) is 0 Å². The van der Waals surface area contributed by atoms with Crippen LogP contribution >= 0.6 is 0 Å². The van der Waals surface area contributed by atoms with Gasteiger partial charge in [-0.15, -0.1) is 0 Å². The Morgan fingerprint density at radius 2 is 2.15 bits per heavy atom. The lowest BCUT2D eigenvalue weighted by Gasteiger charge is -2.28. The van der Waals surface area contributed by atoms with Gasteiger partial charge in [0.25, 0.3) is 5.91 Å². The Balaban J connectivity index is 1.38. The number of aromatic nitrogens is 2. The van der Waals surface area contributed by atoms with E-state index in [-0.39, 0.29) is 17.7 Å². The van der Waals surface area contributed by atoms with Crippen molar-refractivity contribution in [2.75, 3.05) is 18.9 Å². The molecule has 0 radical (unpaired) electrons. The molecule has 4 rings (SSSR count). The molecule has 1 N–H and O–H groups in total. The number of fused-ring (bicyclic) bond motifs is 1. The zero-order chi connectivity index (χ0) is 18.1. The fourth-order valence-electron chi connectivity index (χ4n) is 3.60. The van der Waals surface area contributed by atoms with Crippen molar-refractivity contribution in [1.29, 1.82) is 0 Å². The van der Waals surface area contributed by atoms with Crippen molar-refractivity contribution in [3.05, 3.63) is 48.0 Å². The summed E-state index contributed by atoms with van der Waals surface area (Å²) in [5, 5.41) is 2.91. The Labute approximate surface area is 153 Å². The fourth-order valence-corrected chi connectivity index (χ4v) is 3.60. The maximum absolute atomic E-state index is 12.8. The minimum absolute atomic E-state index is 0.0102. The summed E-state index contributed by atoms with van der Waals surface area (Å²) in [6.45, 7) is 1.62. The molecule has 2 aromatic rings. The normalized spacial score (nSPS) is 18.9. The second kappa shape index (κ2) is 6.94. The van der Waals surface area contributed by atoms with Crippen LogP contribution in [-0.4, -0.2) is 39.9 Å². The van der Waals surface area contributed by atoms with Gasteiger partial charge in [0.05, 0.1) is 0 Å². The van der Waals surface area contributed by atoms with E-state index in [9.17, 15) is 9.59 Å². The van der Waals surface area contributed by atoms with Gasteiger partial charge in [0.2, 0.25) is 5.91 Å². The molecule has 0 spiro atoms. The number of carbonyl (C=O) groups excluding carboxylic acids is 2. The minimum Gasteiger partial charge on any atom is -0.341 e. The lowest BCUT2D eigenvalue weighted by Crippen LogP contribution is -2.35. The van der Waals surface area contributed by atoms with E-state index >= 15 is 0 Å². The predicted molar refractivity (Wildman–Crippen MR) is 98.8 cm³/mol. The van der Waals surface area contributed by atoms with Gasteiger partial charge in [-0.1, -0.05) is 6.07 Å². The van der Waals surface area contributed by atoms with Gasteiger partial charge in [-0.2, -0.15) is 0 Å². The molecule has 1 saturated carbocycles. The number of anilines is 1. The molecule has 1 aromatic carbocycles. The maximum Gasteiger partial charge on any atom is 0.253 e. The quantitative estimate of drug-likeness (QED) is 0.899. The molecule has 1 unspecified atom stereocenters. The number of carbonyl (C=O) groups is 2. The van der Waals surface area contributed by atoms with Gasteiger partial charge in [-0.3, -0.25) is 9.59 Å². The number of hydrogen-bond donors (Lipinski definition) is 1. The highest BCUT2D eigenvalue weighted by atomic mass is 16.2. The van der Waals surface area contributed by atoms with Crippen LogP contribution < -0.4 is 5.32 Å². The third-order valence-electron chi connectivity index (χ3n) is 5.24. The summed E-state index contributed by atoms with van der Waals surface area (Å²) in [5.41, 5.74) is 1.31. The zero-order valence-electron chi connectivity index (χ0n) is 15.0. The van der Waals surface area contributed by atoms with Crippen LogP contribution in [0.3, 0.4) is 0 Å². The molecule has 1 fully saturated rings. The molecule has 136 valence electrons. The van der Waals surface area contributed by atoms with Crippen LogP contribution in [0.25, 0.3) is 0 Å². The van der Waals surface area contributed by atoms with Crippen LogP contribution in [0, 0.1) is 11.8 Å². The molecule has 1 atom stereocenters. The fraction of sp³-hybridized carbons (Fsp3) is 0.450. The summed E-state index contributed by atoms with van der Waals surface area (Å²) in [7, 11) is 1.85. The van der Waals surface area contributed by atoms with Gasteiger partial charge in [-0.05, 0) is 43.4 Å².